The number of carbonyl (C=O) groups excluding carboxylic acids is 2. The molecule has 9 heteroatoms. The maximum Gasteiger partial charge on any atom is 0.233 e. The molecule has 0 aliphatic heterocycles. The van der Waals surface area contributed by atoms with Crippen LogP contribution < -0.4 is 10.1 Å². The van der Waals surface area contributed by atoms with E-state index in [0.29, 0.717) is 46.4 Å². The van der Waals surface area contributed by atoms with Gasteiger partial charge in [0, 0.05) is 33.6 Å². The molecule has 34 heavy (non-hydrogen) atoms. The first-order valence-corrected chi connectivity index (χ1v) is 12.4. The number of hydrogen-bond acceptors (Lipinski definition) is 7. The van der Waals surface area contributed by atoms with Crippen LogP contribution in [0.2, 0.25) is 0 Å². The van der Waals surface area contributed by atoms with E-state index in [9.17, 15) is 13.8 Å². The van der Waals surface area contributed by atoms with Gasteiger partial charge in [-0.25, -0.2) is 4.98 Å². The molecule has 2 unspecified atom stereocenters. The van der Waals surface area contributed by atoms with Gasteiger partial charge >= 0.3 is 0 Å². The van der Waals surface area contributed by atoms with Crippen molar-refractivity contribution in [1.29, 1.82) is 0 Å². The highest BCUT2D eigenvalue weighted by molar-refractivity contribution is 7.84. The average Bonchev–Trinajstić information content (AvgIpc) is 2.81. The molecule has 176 valence electrons. The molecular formula is C25H26N4O4S. The Hall–Kier alpha value is -3.46. The lowest BCUT2D eigenvalue weighted by Gasteiger charge is -2.33. The molecule has 8 nitrogen and oxygen atoms in total. The Labute approximate surface area is 200 Å². The molecule has 1 aromatic carbocycles. The minimum Gasteiger partial charge on any atom is -0.480 e. The molecule has 1 amide bonds. The number of fused-ring (bicyclic) bond motifs is 1. The van der Waals surface area contributed by atoms with Gasteiger partial charge in [0.1, 0.15) is 5.82 Å². The first-order valence-electron chi connectivity index (χ1n) is 10.9. The highest BCUT2D eigenvalue weighted by Crippen LogP contribution is 2.38. The van der Waals surface area contributed by atoms with Crippen LogP contribution in [0.1, 0.15) is 46.2 Å². The largest absolute Gasteiger partial charge is 0.480 e. The predicted molar refractivity (Wildman–Crippen MR) is 129 cm³/mol. The van der Waals surface area contributed by atoms with Crippen LogP contribution in [-0.2, 0) is 33.9 Å². The van der Waals surface area contributed by atoms with E-state index in [2.05, 4.69) is 20.5 Å². The van der Waals surface area contributed by atoms with Gasteiger partial charge in [-0.2, -0.15) is 5.10 Å². The molecule has 3 aromatic rings. The molecule has 1 aliphatic rings. The van der Waals surface area contributed by atoms with Crippen molar-refractivity contribution in [2.75, 3.05) is 18.7 Å². The zero-order valence-electron chi connectivity index (χ0n) is 19.5. The maximum atomic E-state index is 13.5. The van der Waals surface area contributed by atoms with E-state index in [-0.39, 0.29) is 18.1 Å². The van der Waals surface area contributed by atoms with Crippen LogP contribution in [0, 0.1) is 6.92 Å². The second kappa shape index (κ2) is 9.42. The Bertz CT molecular complexity index is 1280. The number of nitrogens with zero attached hydrogens (tertiary/aromatic N) is 3. The van der Waals surface area contributed by atoms with Crippen molar-refractivity contribution in [3.8, 4) is 5.88 Å². The fourth-order valence-corrected chi connectivity index (χ4v) is 4.71. The third kappa shape index (κ3) is 4.61. The number of methoxy groups -OCH3 is 1. The number of amides is 1. The molecule has 0 saturated heterocycles. The van der Waals surface area contributed by atoms with Gasteiger partial charge in [-0.3, -0.25) is 13.8 Å². The van der Waals surface area contributed by atoms with Gasteiger partial charge in [-0.1, -0.05) is 12.1 Å². The first kappa shape index (κ1) is 23.7. The van der Waals surface area contributed by atoms with Crippen molar-refractivity contribution in [2.45, 2.75) is 43.4 Å². The Kier molecular flexibility index (Phi) is 6.56. The topological polar surface area (TPSA) is 111 Å². The highest BCUT2D eigenvalue weighted by atomic mass is 32.2. The number of ketones is 1. The molecule has 0 saturated carbocycles. The molecule has 2 heterocycles. The number of hydrogen-bond donors (Lipinski definition) is 1. The summed E-state index contributed by atoms with van der Waals surface area (Å²) in [6, 6.07) is 12.3. The van der Waals surface area contributed by atoms with Crippen LogP contribution in [0.4, 0.5) is 5.82 Å². The van der Waals surface area contributed by atoms with Gasteiger partial charge in [0.2, 0.25) is 11.8 Å². The summed E-state index contributed by atoms with van der Waals surface area (Å²) < 4.78 is 16.6. The second-order valence-corrected chi connectivity index (χ2v) is 9.97. The Morgan fingerprint density at radius 3 is 2.53 bits per heavy atom. The molecule has 4 rings (SSSR count). The number of benzene rings is 1. The first-order chi connectivity index (χ1) is 16.2. The highest BCUT2D eigenvalue weighted by Gasteiger charge is 2.43. The molecule has 0 fully saturated rings. The predicted octanol–water partition coefficient (Wildman–Crippen LogP) is 3.19. The zero-order chi connectivity index (χ0) is 24.5. The summed E-state index contributed by atoms with van der Waals surface area (Å²) in [6.45, 7) is 3.73. The van der Waals surface area contributed by atoms with E-state index in [0.717, 1.165) is 11.1 Å². The quantitative estimate of drug-likeness (QED) is 0.579. The summed E-state index contributed by atoms with van der Waals surface area (Å²) in [6.07, 6.45) is 2.89. The van der Waals surface area contributed by atoms with E-state index >= 15 is 0 Å². The van der Waals surface area contributed by atoms with Crippen molar-refractivity contribution in [1.82, 2.24) is 15.2 Å². The summed E-state index contributed by atoms with van der Waals surface area (Å²) >= 11 is 0. The molecule has 1 aliphatic carbocycles. The van der Waals surface area contributed by atoms with Gasteiger partial charge in [0.15, 0.2) is 5.78 Å². The number of rotatable bonds is 6. The lowest BCUT2D eigenvalue weighted by molar-refractivity contribution is -0.115. The lowest BCUT2D eigenvalue weighted by Crippen LogP contribution is -2.39. The molecule has 1 N–H and O–H groups in total. The van der Waals surface area contributed by atoms with Crippen molar-refractivity contribution in [3.63, 3.8) is 0 Å². The minimum absolute atomic E-state index is 0.0514. The number of ether oxygens (including phenoxy) is 1. The van der Waals surface area contributed by atoms with Gasteiger partial charge in [0.05, 0.1) is 30.3 Å². The van der Waals surface area contributed by atoms with E-state index in [4.69, 9.17) is 4.74 Å². The number of aryl methyl sites for hydroxylation is 2. The van der Waals surface area contributed by atoms with Crippen molar-refractivity contribution in [2.24, 2.45) is 0 Å². The maximum absolute atomic E-state index is 13.5. The number of carbonyl (C=O) groups is 2. The molecule has 2 atom stereocenters. The van der Waals surface area contributed by atoms with Crippen molar-refractivity contribution >= 4 is 28.3 Å². The van der Waals surface area contributed by atoms with Gasteiger partial charge in [-0.15, -0.1) is 5.10 Å². The van der Waals surface area contributed by atoms with Crippen LogP contribution >= 0.6 is 0 Å². The van der Waals surface area contributed by atoms with Crippen molar-refractivity contribution in [3.05, 3.63) is 70.5 Å². The molecule has 0 radical (unpaired) electrons. The minimum atomic E-state index is -1.06. The summed E-state index contributed by atoms with van der Waals surface area (Å²) in [5.41, 5.74) is 2.61. The normalized spacial score (nSPS) is 18.2. The summed E-state index contributed by atoms with van der Waals surface area (Å²) in [5, 5.41) is 11.1. The fourth-order valence-electron chi connectivity index (χ4n) is 4.19. The standard InChI is InChI=1S/C25H26N4O4S/c1-15-13-20(27-21(30)14-16-5-7-17(8-6-16)34(4)32)26-18-11-12-25(2,24(31)23(15)18)19-9-10-22(33-3)29-28-19/h5-10,13H,11-12,14H2,1-4H3,(H,26,27,30). The van der Waals surface area contributed by atoms with Crippen LogP contribution in [0.15, 0.2) is 47.4 Å². The van der Waals surface area contributed by atoms with Gasteiger partial charge in [0.25, 0.3) is 0 Å². The Balaban J connectivity index is 1.52. The summed E-state index contributed by atoms with van der Waals surface area (Å²) in [5.74, 6) is 0.556. The van der Waals surface area contributed by atoms with E-state index in [1.165, 1.54) is 7.11 Å². The van der Waals surface area contributed by atoms with Crippen molar-refractivity contribution < 1.29 is 18.5 Å². The van der Waals surface area contributed by atoms with E-state index in [1.807, 2.05) is 13.8 Å². The number of anilines is 1. The second-order valence-electron chi connectivity index (χ2n) is 8.59. The Morgan fingerprint density at radius 2 is 1.91 bits per heavy atom. The fraction of sp³-hybridized carbons (Fsp3) is 0.320. The van der Waals surface area contributed by atoms with Gasteiger partial charge in [-0.05, 0) is 62.1 Å². The number of pyridine rings is 1. The molecule has 2 aromatic heterocycles. The average molecular weight is 479 g/mol. The smallest absolute Gasteiger partial charge is 0.233 e. The van der Waals surface area contributed by atoms with Crippen LogP contribution in [0.3, 0.4) is 0 Å². The number of aromatic nitrogens is 3. The van der Waals surface area contributed by atoms with Crippen LogP contribution in [-0.4, -0.2) is 44.4 Å². The van der Waals surface area contributed by atoms with E-state index < -0.39 is 16.2 Å². The molecular weight excluding hydrogens is 452 g/mol. The van der Waals surface area contributed by atoms with Crippen LogP contribution in [0.25, 0.3) is 0 Å². The zero-order valence-corrected chi connectivity index (χ0v) is 20.4. The lowest BCUT2D eigenvalue weighted by atomic mass is 9.70. The monoisotopic (exact) mass is 478 g/mol. The molecule has 0 spiro atoms. The number of nitrogens with one attached hydrogen (secondary N) is 1. The summed E-state index contributed by atoms with van der Waals surface area (Å²) in [7, 11) is 0.459. The summed E-state index contributed by atoms with van der Waals surface area (Å²) in [4.78, 5) is 31.4. The third-order valence-corrected chi connectivity index (χ3v) is 7.12. The SMILES string of the molecule is COc1ccc(C2(C)CCc3nc(NC(=O)Cc4ccc(S(C)=O)cc4)cc(C)c3C2=O)nn1. The molecule has 0 bridgehead atoms. The number of Topliss-reactive ketones (excluding diaryl/α,β-unsaturated/α-hetero) is 1. The Morgan fingerprint density at radius 1 is 1.18 bits per heavy atom. The van der Waals surface area contributed by atoms with E-state index in [1.54, 1.807) is 48.7 Å². The van der Waals surface area contributed by atoms with Gasteiger partial charge < -0.3 is 10.1 Å². The van der Waals surface area contributed by atoms with Crippen LogP contribution in [0.5, 0.6) is 5.88 Å². The third-order valence-electron chi connectivity index (χ3n) is 6.18.